The van der Waals surface area contributed by atoms with E-state index in [1.807, 2.05) is 0 Å². The molecule has 0 fully saturated rings. The van der Waals surface area contributed by atoms with Crippen LogP contribution >= 0.6 is 0 Å². The third-order valence-electron chi connectivity index (χ3n) is 3.75. The van der Waals surface area contributed by atoms with Gasteiger partial charge in [-0.15, -0.1) is 0 Å². The molecular weight excluding hydrogens is 236 g/mol. The van der Waals surface area contributed by atoms with Crippen LogP contribution < -0.4 is 0 Å². The van der Waals surface area contributed by atoms with Crippen LogP contribution in [0.3, 0.4) is 0 Å². The van der Waals surface area contributed by atoms with Crippen molar-refractivity contribution in [3.05, 3.63) is 29.1 Å². The quantitative estimate of drug-likeness (QED) is 0.828. The van der Waals surface area contributed by atoms with Gasteiger partial charge < -0.3 is 9.67 Å². The van der Waals surface area contributed by atoms with Crippen molar-refractivity contribution in [2.24, 2.45) is 0 Å². The van der Waals surface area contributed by atoms with Gasteiger partial charge in [-0.05, 0) is 50.5 Å². The normalized spacial score (nSPS) is 13.1. The molecule has 1 atom stereocenters. The SMILES string of the molecule is CCCCCn1c(C(C)O)nc2cc(C)c(C)cc21. The predicted octanol–water partition coefficient (Wildman–Crippen LogP) is 3.90. The monoisotopic (exact) mass is 260 g/mol. The summed E-state index contributed by atoms with van der Waals surface area (Å²) in [6.45, 7) is 9.16. The van der Waals surface area contributed by atoms with Gasteiger partial charge in [0.1, 0.15) is 11.9 Å². The first-order valence-electron chi connectivity index (χ1n) is 7.20. The van der Waals surface area contributed by atoms with Crippen LogP contribution in [-0.4, -0.2) is 14.7 Å². The average Bonchev–Trinajstić information content (AvgIpc) is 2.69. The predicted molar refractivity (Wildman–Crippen MR) is 79.4 cm³/mol. The number of aromatic nitrogens is 2. The van der Waals surface area contributed by atoms with Crippen molar-refractivity contribution < 1.29 is 5.11 Å². The Kier molecular flexibility index (Phi) is 4.25. The highest BCUT2D eigenvalue weighted by Gasteiger charge is 2.15. The number of aliphatic hydroxyl groups excluding tert-OH is 1. The fraction of sp³-hybridized carbons (Fsp3) is 0.562. The zero-order chi connectivity index (χ0) is 14.0. The first-order chi connectivity index (χ1) is 9.04. The van der Waals surface area contributed by atoms with Crippen molar-refractivity contribution in [2.45, 2.75) is 59.6 Å². The number of benzene rings is 1. The van der Waals surface area contributed by atoms with Crippen LogP contribution in [0.1, 0.15) is 56.2 Å². The second-order valence-corrected chi connectivity index (χ2v) is 5.43. The highest BCUT2D eigenvalue weighted by molar-refractivity contribution is 5.78. The van der Waals surface area contributed by atoms with E-state index in [4.69, 9.17) is 0 Å². The van der Waals surface area contributed by atoms with E-state index in [-0.39, 0.29) is 0 Å². The Labute approximate surface area is 115 Å². The smallest absolute Gasteiger partial charge is 0.138 e. The van der Waals surface area contributed by atoms with Gasteiger partial charge in [0.25, 0.3) is 0 Å². The summed E-state index contributed by atoms with van der Waals surface area (Å²) in [6, 6.07) is 4.31. The number of hydrogen-bond donors (Lipinski definition) is 1. The molecule has 2 aromatic rings. The van der Waals surface area contributed by atoms with Crippen LogP contribution in [0.4, 0.5) is 0 Å². The van der Waals surface area contributed by atoms with E-state index in [2.05, 4.69) is 42.5 Å². The second-order valence-electron chi connectivity index (χ2n) is 5.43. The zero-order valence-corrected chi connectivity index (χ0v) is 12.4. The zero-order valence-electron chi connectivity index (χ0n) is 12.4. The van der Waals surface area contributed by atoms with Gasteiger partial charge in [-0.2, -0.15) is 0 Å². The lowest BCUT2D eigenvalue weighted by Crippen LogP contribution is -2.07. The lowest BCUT2D eigenvalue weighted by Gasteiger charge is -2.11. The van der Waals surface area contributed by atoms with E-state index >= 15 is 0 Å². The summed E-state index contributed by atoms with van der Waals surface area (Å²) in [4.78, 5) is 4.61. The topological polar surface area (TPSA) is 38.0 Å². The fourth-order valence-corrected chi connectivity index (χ4v) is 2.47. The van der Waals surface area contributed by atoms with E-state index < -0.39 is 6.10 Å². The van der Waals surface area contributed by atoms with Gasteiger partial charge in [-0.1, -0.05) is 19.8 Å². The van der Waals surface area contributed by atoms with Crippen LogP contribution in [0, 0.1) is 13.8 Å². The van der Waals surface area contributed by atoms with E-state index in [1.165, 1.54) is 24.0 Å². The Hall–Kier alpha value is -1.35. The molecule has 0 aliphatic rings. The van der Waals surface area contributed by atoms with Crippen molar-refractivity contribution in [3.63, 3.8) is 0 Å². The molecule has 0 radical (unpaired) electrons. The summed E-state index contributed by atoms with van der Waals surface area (Å²) < 4.78 is 2.18. The van der Waals surface area contributed by atoms with Crippen LogP contribution in [0.5, 0.6) is 0 Å². The summed E-state index contributed by atoms with van der Waals surface area (Å²) >= 11 is 0. The number of rotatable bonds is 5. The number of unbranched alkanes of at least 4 members (excludes halogenated alkanes) is 2. The van der Waals surface area contributed by atoms with Crippen molar-refractivity contribution in [1.29, 1.82) is 0 Å². The number of aliphatic hydroxyl groups is 1. The molecule has 1 unspecified atom stereocenters. The van der Waals surface area contributed by atoms with Gasteiger partial charge in [0.2, 0.25) is 0 Å². The molecule has 1 N–H and O–H groups in total. The van der Waals surface area contributed by atoms with E-state index in [0.717, 1.165) is 29.8 Å². The number of fused-ring (bicyclic) bond motifs is 1. The lowest BCUT2D eigenvalue weighted by molar-refractivity contribution is 0.184. The van der Waals surface area contributed by atoms with Crippen LogP contribution in [0.15, 0.2) is 12.1 Å². The molecule has 3 heteroatoms. The van der Waals surface area contributed by atoms with Gasteiger partial charge in [-0.3, -0.25) is 0 Å². The Bertz CT molecular complexity index is 570. The first-order valence-corrected chi connectivity index (χ1v) is 7.20. The van der Waals surface area contributed by atoms with Crippen molar-refractivity contribution in [1.82, 2.24) is 9.55 Å². The minimum atomic E-state index is -0.519. The van der Waals surface area contributed by atoms with Gasteiger partial charge in [0.05, 0.1) is 11.0 Å². The summed E-state index contributed by atoms with van der Waals surface area (Å²) in [5.74, 6) is 0.788. The van der Waals surface area contributed by atoms with E-state index in [0.29, 0.717) is 0 Å². The molecule has 1 heterocycles. The molecule has 0 saturated heterocycles. The van der Waals surface area contributed by atoms with Gasteiger partial charge in [0, 0.05) is 6.54 Å². The standard InChI is InChI=1S/C16H24N2O/c1-5-6-7-8-18-15-10-12(3)11(2)9-14(15)17-16(18)13(4)19/h9-10,13,19H,5-8H2,1-4H3. The molecule has 0 saturated carbocycles. The average molecular weight is 260 g/mol. The largest absolute Gasteiger partial charge is 0.385 e. The maximum absolute atomic E-state index is 9.92. The number of nitrogens with zero attached hydrogens (tertiary/aromatic N) is 2. The molecule has 0 amide bonds. The van der Waals surface area contributed by atoms with Gasteiger partial charge >= 0.3 is 0 Å². The van der Waals surface area contributed by atoms with Crippen molar-refractivity contribution in [2.75, 3.05) is 0 Å². The molecule has 3 nitrogen and oxygen atoms in total. The van der Waals surface area contributed by atoms with Crippen LogP contribution in [0.2, 0.25) is 0 Å². The summed E-state index contributed by atoms with van der Waals surface area (Å²) in [6.07, 6.45) is 3.03. The second kappa shape index (κ2) is 5.74. The molecule has 2 rings (SSSR count). The molecule has 104 valence electrons. The molecule has 0 bridgehead atoms. The summed E-state index contributed by atoms with van der Waals surface area (Å²) in [5, 5.41) is 9.92. The third kappa shape index (κ3) is 2.81. The molecule has 0 aliphatic carbocycles. The molecule has 19 heavy (non-hydrogen) atoms. The third-order valence-corrected chi connectivity index (χ3v) is 3.75. The Morgan fingerprint density at radius 3 is 2.53 bits per heavy atom. The minimum Gasteiger partial charge on any atom is -0.385 e. The molecule has 0 aliphatic heterocycles. The number of imidazole rings is 1. The number of aryl methyl sites for hydroxylation is 3. The molecule has 1 aromatic carbocycles. The first kappa shape index (κ1) is 14.1. The van der Waals surface area contributed by atoms with Crippen LogP contribution in [-0.2, 0) is 6.54 Å². The lowest BCUT2D eigenvalue weighted by atomic mass is 10.1. The fourth-order valence-electron chi connectivity index (χ4n) is 2.47. The van der Waals surface area contributed by atoms with E-state index in [1.54, 1.807) is 6.92 Å². The highest BCUT2D eigenvalue weighted by atomic mass is 16.3. The molecular formula is C16H24N2O. The Morgan fingerprint density at radius 1 is 1.21 bits per heavy atom. The van der Waals surface area contributed by atoms with Crippen LogP contribution in [0.25, 0.3) is 11.0 Å². The Balaban J connectivity index is 2.49. The van der Waals surface area contributed by atoms with Crippen molar-refractivity contribution >= 4 is 11.0 Å². The maximum Gasteiger partial charge on any atom is 0.138 e. The Morgan fingerprint density at radius 2 is 1.89 bits per heavy atom. The highest BCUT2D eigenvalue weighted by Crippen LogP contribution is 2.24. The van der Waals surface area contributed by atoms with E-state index in [9.17, 15) is 5.11 Å². The minimum absolute atomic E-state index is 0.519. The maximum atomic E-state index is 9.92. The van der Waals surface area contributed by atoms with Gasteiger partial charge in [-0.25, -0.2) is 4.98 Å². The number of hydrogen-bond acceptors (Lipinski definition) is 2. The molecule has 0 spiro atoms. The molecule has 1 aromatic heterocycles. The van der Waals surface area contributed by atoms with Gasteiger partial charge in [0.15, 0.2) is 0 Å². The summed E-state index contributed by atoms with van der Waals surface area (Å²) in [5.41, 5.74) is 4.68. The summed E-state index contributed by atoms with van der Waals surface area (Å²) in [7, 11) is 0. The van der Waals surface area contributed by atoms with Crippen molar-refractivity contribution in [3.8, 4) is 0 Å².